The van der Waals surface area contributed by atoms with E-state index in [9.17, 15) is 0 Å². The van der Waals surface area contributed by atoms with E-state index in [-0.39, 0.29) is 0 Å². The van der Waals surface area contributed by atoms with Gasteiger partial charge in [-0.25, -0.2) is 4.98 Å². The van der Waals surface area contributed by atoms with E-state index in [1.54, 1.807) is 6.20 Å². The van der Waals surface area contributed by atoms with Crippen LogP contribution in [-0.2, 0) is 0 Å². The zero-order chi connectivity index (χ0) is 10.7. The first kappa shape index (κ1) is 9.79. The topological polar surface area (TPSA) is 63.6 Å². The van der Waals surface area contributed by atoms with Gasteiger partial charge in [0, 0.05) is 17.3 Å². The van der Waals surface area contributed by atoms with Crippen molar-refractivity contribution in [1.29, 1.82) is 0 Å². The summed E-state index contributed by atoms with van der Waals surface area (Å²) in [5.74, 6) is 0. The Morgan fingerprint density at radius 1 is 1.33 bits per heavy atom. The molecule has 0 atom stereocenters. The first-order chi connectivity index (χ1) is 7.25. The Hall–Kier alpha value is -1.75. The van der Waals surface area contributed by atoms with E-state index >= 15 is 0 Å². The fourth-order valence-electron chi connectivity index (χ4n) is 1.15. The summed E-state index contributed by atoms with van der Waals surface area (Å²) in [6.45, 7) is 1.95. The molecule has 0 aliphatic carbocycles. The van der Waals surface area contributed by atoms with Crippen LogP contribution in [0.15, 0.2) is 40.0 Å². The molecule has 0 fully saturated rings. The van der Waals surface area contributed by atoms with Crippen LogP contribution in [0, 0.1) is 6.92 Å². The maximum atomic E-state index is 5.64. The minimum absolute atomic E-state index is 0.659. The van der Waals surface area contributed by atoms with Gasteiger partial charge < -0.3 is 5.73 Å². The van der Waals surface area contributed by atoms with Crippen LogP contribution >= 0.6 is 11.3 Å². The van der Waals surface area contributed by atoms with Gasteiger partial charge in [0.05, 0.1) is 5.69 Å². The van der Waals surface area contributed by atoms with Gasteiger partial charge in [-0.1, -0.05) is 0 Å². The quantitative estimate of drug-likeness (QED) is 0.619. The Bertz CT molecular complexity index is 476. The molecule has 0 amide bonds. The molecule has 5 heteroatoms. The van der Waals surface area contributed by atoms with Gasteiger partial charge in [-0.2, -0.15) is 0 Å². The molecule has 4 nitrogen and oxygen atoms in total. The van der Waals surface area contributed by atoms with Gasteiger partial charge in [-0.05, 0) is 30.7 Å². The van der Waals surface area contributed by atoms with E-state index in [4.69, 9.17) is 5.73 Å². The molecule has 0 saturated heterocycles. The van der Waals surface area contributed by atoms with Crippen molar-refractivity contribution in [3.8, 4) is 0 Å². The summed E-state index contributed by atoms with van der Waals surface area (Å²) in [7, 11) is 0. The summed E-state index contributed by atoms with van der Waals surface area (Å²) in [6.07, 6.45) is 1.70. The molecule has 0 radical (unpaired) electrons. The number of hydrogen-bond donors (Lipinski definition) is 1. The van der Waals surface area contributed by atoms with Gasteiger partial charge in [0.1, 0.15) is 0 Å². The molecule has 1 aromatic heterocycles. The zero-order valence-corrected chi connectivity index (χ0v) is 9.03. The summed E-state index contributed by atoms with van der Waals surface area (Å²) in [5.41, 5.74) is 8.20. The third kappa shape index (κ3) is 2.38. The third-order valence-corrected chi connectivity index (χ3v) is 2.54. The molecule has 0 saturated carbocycles. The molecular weight excluding hydrogens is 208 g/mol. The number of azo groups is 1. The van der Waals surface area contributed by atoms with E-state index < -0.39 is 0 Å². The van der Waals surface area contributed by atoms with Gasteiger partial charge in [-0.3, -0.25) is 0 Å². The molecule has 2 aromatic rings. The lowest BCUT2D eigenvalue weighted by Crippen LogP contribution is -1.84. The molecule has 0 aliphatic heterocycles. The van der Waals surface area contributed by atoms with Crippen molar-refractivity contribution in [2.75, 3.05) is 5.73 Å². The number of thiazole rings is 1. The number of aromatic nitrogens is 1. The van der Waals surface area contributed by atoms with Crippen LogP contribution in [0.3, 0.4) is 0 Å². The highest BCUT2D eigenvalue weighted by atomic mass is 32.1. The van der Waals surface area contributed by atoms with Crippen LogP contribution in [-0.4, -0.2) is 4.98 Å². The largest absolute Gasteiger partial charge is 0.399 e. The predicted octanol–water partition coefficient (Wildman–Crippen LogP) is 3.45. The molecule has 15 heavy (non-hydrogen) atoms. The second-order valence-electron chi connectivity index (χ2n) is 3.06. The standard InChI is InChI=1S/C10H10N4S/c1-7-6-8(11)2-3-9(7)13-14-10-12-4-5-15-10/h2-6H,11H2,1H3. The molecule has 1 aromatic carbocycles. The lowest BCUT2D eigenvalue weighted by Gasteiger charge is -1.98. The molecule has 2 rings (SSSR count). The molecule has 0 bridgehead atoms. The molecular formula is C10H10N4S. The average Bonchev–Trinajstić information content (AvgIpc) is 2.69. The van der Waals surface area contributed by atoms with Gasteiger partial charge in [0.15, 0.2) is 0 Å². The highest BCUT2D eigenvalue weighted by Crippen LogP contribution is 2.24. The number of nitrogens with two attached hydrogens (primary N) is 1. The van der Waals surface area contributed by atoms with Gasteiger partial charge in [0.25, 0.3) is 0 Å². The van der Waals surface area contributed by atoms with E-state index in [2.05, 4.69) is 15.2 Å². The number of nitrogens with zero attached hydrogens (tertiary/aromatic N) is 3. The number of nitrogen functional groups attached to an aromatic ring is 1. The third-order valence-electron chi connectivity index (χ3n) is 1.88. The van der Waals surface area contributed by atoms with Crippen molar-refractivity contribution in [3.63, 3.8) is 0 Å². The van der Waals surface area contributed by atoms with Crippen LogP contribution in [0.25, 0.3) is 0 Å². The number of aryl methyl sites for hydroxylation is 1. The molecule has 0 aliphatic rings. The highest BCUT2D eigenvalue weighted by molar-refractivity contribution is 7.13. The van der Waals surface area contributed by atoms with Crippen molar-refractivity contribution < 1.29 is 0 Å². The Labute approximate surface area is 91.5 Å². The summed E-state index contributed by atoms with van der Waals surface area (Å²) in [4.78, 5) is 4.01. The van der Waals surface area contributed by atoms with Gasteiger partial charge in [-0.15, -0.1) is 21.6 Å². The summed E-state index contributed by atoms with van der Waals surface area (Å²) in [6, 6.07) is 5.53. The zero-order valence-electron chi connectivity index (χ0n) is 8.21. The van der Waals surface area contributed by atoms with Crippen LogP contribution in [0.2, 0.25) is 0 Å². The lowest BCUT2D eigenvalue weighted by molar-refractivity contribution is 1.18. The number of rotatable bonds is 2. The first-order valence-electron chi connectivity index (χ1n) is 4.43. The second-order valence-corrected chi connectivity index (χ2v) is 3.93. The van der Waals surface area contributed by atoms with E-state index in [0.29, 0.717) is 5.13 Å². The normalized spacial score (nSPS) is 11.0. The molecule has 1 heterocycles. The minimum atomic E-state index is 0.659. The lowest BCUT2D eigenvalue weighted by atomic mass is 10.2. The number of anilines is 1. The van der Waals surface area contributed by atoms with Crippen LogP contribution in [0.1, 0.15) is 5.56 Å². The number of benzene rings is 1. The Morgan fingerprint density at radius 2 is 2.20 bits per heavy atom. The van der Waals surface area contributed by atoms with Crippen molar-refractivity contribution in [2.24, 2.45) is 10.2 Å². The fraction of sp³-hybridized carbons (Fsp3) is 0.100. The van der Waals surface area contributed by atoms with Crippen molar-refractivity contribution in [3.05, 3.63) is 35.3 Å². The summed E-state index contributed by atoms with van der Waals surface area (Å²) >= 11 is 1.45. The fourth-order valence-corrected chi connectivity index (χ4v) is 1.61. The summed E-state index contributed by atoms with van der Waals surface area (Å²) < 4.78 is 0. The van der Waals surface area contributed by atoms with Crippen LogP contribution < -0.4 is 5.73 Å². The van der Waals surface area contributed by atoms with Crippen molar-refractivity contribution in [2.45, 2.75) is 6.92 Å². The predicted molar refractivity (Wildman–Crippen MR) is 61.9 cm³/mol. The van der Waals surface area contributed by atoms with Gasteiger partial charge >= 0.3 is 0 Å². The second kappa shape index (κ2) is 4.18. The molecule has 0 spiro atoms. The smallest absolute Gasteiger partial charge is 0.229 e. The molecule has 76 valence electrons. The van der Waals surface area contributed by atoms with E-state index in [1.165, 1.54) is 11.3 Å². The van der Waals surface area contributed by atoms with Crippen LogP contribution in [0.4, 0.5) is 16.5 Å². The molecule has 0 unspecified atom stereocenters. The Morgan fingerprint density at radius 3 is 2.87 bits per heavy atom. The Kier molecular flexibility index (Phi) is 2.73. The first-order valence-corrected chi connectivity index (χ1v) is 5.31. The summed E-state index contributed by atoms with van der Waals surface area (Å²) in [5, 5.41) is 10.6. The van der Waals surface area contributed by atoms with Gasteiger partial charge in [0.2, 0.25) is 5.13 Å². The maximum Gasteiger partial charge on any atom is 0.229 e. The van der Waals surface area contributed by atoms with E-state index in [1.807, 2.05) is 30.5 Å². The highest BCUT2D eigenvalue weighted by Gasteiger charge is 1.97. The van der Waals surface area contributed by atoms with Crippen molar-refractivity contribution >= 4 is 27.8 Å². The maximum absolute atomic E-state index is 5.64. The van der Waals surface area contributed by atoms with Crippen molar-refractivity contribution in [1.82, 2.24) is 4.98 Å². The monoisotopic (exact) mass is 218 g/mol. The Balaban J connectivity index is 2.24. The number of hydrogen-bond acceptors (Lipinski definition) is 5. The average molecular weight is 218 g/mol. The van der Waals surface area contributed by atoms with E-state index in [0.717, 1.165) is 16.9 Å². The minimum Gasteiger partial charge on any atom is -0.399 e. The molecule has 2 N–H and O–H groups in total. The SMILES string of the molecule is Cc1cc(N)ccc1N=Nc1nccs1. The van der Waals surface area contributed by atoms with Crippen LogP contribution in [0.5, 0.6) is 0 Å².